The summed E-state index contributed by atoms with van der Waals surface area (Å²) in [5.74, 6) is 8.12. The van der Waals surface area contributed by atoms with Gasteiger partial charge in [0.25, 0.3) is 0 Å². The molecule has 2 aliphatic rings. The van der Waals surface area contributed by atoms with Crippen LogP contribution < -0.4 is 16.2 Å². The number of nitrogen functional groups attached to an aromatic ring is 1. The van der Waals surface area contributed by atoms with Crippen LogP contribution in [-0.4, -0.2) is 46.6 Å². The Morgan fingerprint density at radius 3 is 2.76 bits per heavy atom. The summed E-state index contributed by atoms with van der Waals surface area (Å²) in [7, 11) is 0. The fourth-order valence-electron chi connectivity index (χ4n) is 3.68. The smallest absolute Gasteiger partial charge is 0.148 e. The molecule has 2 unspecified atom stereocenters. The number of anilines is 2. The minimum Gasteiger partial charge on any atom is -0.351 e. The largest absolute Gasteiger partial charge is 0.351 e. The highest BCUT2D eigenvalue weighted by Crippen LogP contribution is 2.30. The quantitative estimate of drug-likeness (QED) is 0.634. The number of nitrogens with one attached hydrogen (secondary N) is 1. The molecule has 6 heteroatoms. The lowest BCUT2D eigenvalue weighted by Crippen LogP contribution is -2.59. The minimum absolute atomic E-state index is 0.470. The van der Waals surface area contributed by atoms with Crippen molar-refractivity contribution in [3.63, 3.8) is 0 Å². The highest BCUT2D eigenvalue weighted by Gasteiger charge is 2.34. The van der Waals surface area contributed by atoms with Crippen molar-refractivity contribution in [3.8, 4) is 0 Å². The van der Waals surface area contributed by atoms with Crippen LogP contribution in [0.2, 0.25) is 0 Å². The number of aryl methyl sites for hydroxylation is 1. The lowest BCUT2D eigenvalue weighted by molar-refractivity contribution is 0.115. The average molecular weight is 290 g/mol. The molecule has 21 heavy (non-hydrogen) atoms. The van der Waals surface area contributed by atoms with E-state index in [1.807, 2.05) is 13.8 Å². The summed E-state index contributed by atoms with van der Waals surface area (Å²) in [5, 5.41) is 0. The van der Waals surface area contributed by atoms with E-state index in [0.717, 1.165) is 36.1 Å². The standard InChI is InChI=1S/C15H26N6/c1-10-8-20-7-5-4-6-13(20)9-21(10)15-11(2)14(19-16)17-12(3)18-15/h10,13H,4-9,16H2,1-3H3,(H,17,18,19). The van der Waals surface area contributed by atoms with Crippen molar-refractivity contribution in [1.82, 2.24) is 14.9 Å². The zero-order chi connectivity index (χ0) is 15.0. The SMILES string of the molecule is Cc1nc(NN)c(C)c(N2CC3CCCCN3CC2C)n1. The number of hydrogen-bond donors (Lipinski definition) is 2. The summed E-state index contributed by atoms with van der Waals surface area (Å²) < 4.78 is 0. The Morgan fingerprint density at radius 2 is 2.00 bits per heavy atom. The Kier molecular flexibility index (Phi) is 3.99. The van der Waals surface area contributed by atoms with Crippen LogP contribution in [0.25, 0.3) is 0 Å². The van der Waals surface area contributed by atoms with E-state index in [2.05, 4.69) is 27.1 Å². The second-order valence-electron chi connectivity index (χ2n) is 6.36. The van der Waals surface area contributed by atoms with Gasteiger partial charge >= 0.3 is 0 Å². The normalized spacial score (nSPS) is 26.6. The van der Waals surface area contributed by atoms with E-state index in [1.54, 1.807) is 0 Å². The van der Waals surface area contributed by atoms with Gasteiger partial charge in [-0.15, -0.1) is 0 Å². The van der Waals surface area contributed by atoms with Crippen LogP contribution in [0.15, 0.2) is 0 Å². The maximum absolute atomic E-state index is 5.59. The van der Waals surface area contributed by atoms with Crippen LogP contribution in [0.1, 0.15) is 37.6 Å². The number of piperidine rings is 1. The lowest BCUT2D eigenvalue weighted by atomic mass is 9.97. The van der Waals surface area contributed by atoms with Crippen LogP contribution in [0.5, 0.6) is 0 Å². The van der Waals surface area contributed by atoms with E-state index in [1.165, 1.54) is 25.8 Å². The third-order valence-electron chi connectivity index (χ3n) is 4.83. The molecule has 3 N–H and O–H groups in total. The number of hydrazine groups is 1. The molecule has 1 aromatic heterocycles. The van der Waals surface area contributed by atoms with Crippen LogP contribution >= 0.6 is 0 Å². The minimum atomic E-state index is 0.470. The lowest BCUT2D eigenvalue weighted by Gasteiger charge is -2.48. The van der Waals surface area contributed by atoms with E-state index in [0.29, 0.717) is 12.1 Å². The van der Waals surface area contributed by atoms with Crippen molar-refractivity contribution >= 4 is 11.6 Å². The molecule has 2 fully saturated rings. The average Bonchev–Trinajstić information content (AvgIpc) is 2.48. The third kappa shape index (κ3) is 2.70. The van der Waals surface area contributed by atoms with Crippen molar-refractivity contribution in [2.45, 2.75) is 52.1 Å². The van der Waals surface area contributed by atoms with Crippen molar-refractivity contribution in [1.29, 1.82) is 0 Å². The molecule has 0 amide bonds. The van der Waals surface area contributed by atoms with E-state index in [4.69, 9.17) is 10.8 Å². The Hall–Kier alpha value is -1.40. The summed E-state index contributed by atoms with van der Waals surface area (Å²) in [6.45, 7) is 9.69. The molecule has 0 aliphatic carbocycles. The van der Waals surface area contributed by atoms with E-state index in [-0.39, 0.29) is 0 Å². The molecule has 3 rings (SSSR count). The van der Waals surface area contributed by atoms with E-state index < -0.39 is 0 Å². The van der Waals surface area contributed by atoms with Gasteiger partial charge in [0.1, 0.15) is 17.5 Å². The number of nitrogens with zero attached hydrogens (tertiary/aromatic N) is 4. The maximum Gasteiger partial charge on any atom is 0.148 e. The molecule has 0 saturated carbocycles. The predicted molar refractivity (Wildman–Crippen MR) is 85.3 cm³/mol. The number of aromatic nitrogens is 2. The topological polar surface area (TPSA) is 70.3 Å². The second-order valence-corrected chi connectivity index (χ2v) is 6.36. The number of nitrogens with two attached hydrogens (primary N) is 1. The maximum atomic E-state index is 5.59. The molecule has 0 spiro atoms. The molecule has 0 aromatic carbocycles. The second kappa shape index (κ2) is 5.77. The fourth-order valence-corrected chi connectivity index (χ4v) is 3.68. The molecule has 0 radical (unpaired) electrons. The van der Waals surface area contributed by atoms with Gasteiger partial charge < -0.3 is 10.3 Å². The summed E-state index contributed by atoms with van der Waals surface area (Å²) in [4.78, 5) is 14.2. The molecule has 6 nitrogen and oxygen atoms in total. The van der Waals surface area contributed by atoms with Crippen molar-refractivity contribution < 1.29 is 0 Å². The highest BCUT2D eigenvalue weighted by atomic mass is 15.3. The van der Waals surface area contributed by atoms with E-state index >= 15 is 0 Å². The van der Waals surface area contributed by atoms with E-state index in [9.17, 15) is 0 Å². The molecular weight excluding hydrogens is 264 g/mol. The first-order valence-electron chi connectivity index (χ1n) is 7.92. The molecule has 1 aromatic rings. The van der Waals surface area contributed by atoms with Gasteiger partial charge in [-0.25, -0.2) is 15.8 Å². The first kappa shape index (κ1) is 14.5. The van der Waals surface area contributed by atoms with Gasteiger partial charge in [-0.1, -0.05) is 6.42 Å². The van der Waals surface area contributed by atoms with Gasteiger partial charge in [-0.2, -0.15) is 0 Å². The third-order valence-corrected chi connectivity index (χ3v) is 4.83. The van der Waals surface area contributed by atoms with Crippen LogP contribution in [0, 0.1) is 13.8 Å². The molecule has 2 saturated heterocycles. The van der Waals surface area contributed by atoms with Gasteiger partial charge in [-0.3, -0.25) is 4.90 Å². The van der Waals surface area contributed by atoms with Crippen molar-refractivity contribution in [2.75, 3.05) is 30.0 Å². The van der Waals surface area contributed by atoms with Crippen LogP contribution in [-0.2, 0) is 0 Å². The molecule has 3 heterocycles. The molecule has 2 aliphatic heterocycles. The first-order chi connectivity index (χ1) is 10.1. The zero-order valence-electron chi connectivity index (χ0n) is 13.3. The number of rotatable bonds is 2. The fraction of sp³-hybridized carbons (Fsp3) is 0.733. The van der Waals surface area contributed by atoms with Gasteiger partial charge in [0.15, 0.2) is 0 Å². The van der Waals surface area contributed by atoms with Gasteiger partial charge in [0, 0.05) is 30.7 Å². The van der Waals surface area contributed by atoms with Gasteiger partial charge in [0.2, 0.25) is 0 Å². The number of hydrogen-bond acceptors (Lipinski definition) is 6. The zero-order valence-corrected chi connectivity index (χ0v) is 13.3. The monoisotopic (exact) mass is 290 g/mol. The van der Waals surface area contributed by atoms with Gasteiger partial charge in [-0.05, 0) is 40.2 Å². The predicted octanol–water partition coefficient (Wildman–Crippen LogP) is 1.44. The van der Waals surface area contributed by atoms with Crippen molar-refractivity contribution in [3.05, 3.63) is 11.4 Å². The molecule has 2 atom stereocenters. The van der Waals surface area contributed by atoms with Crippen molar-refractivity contribution in [2.24, 2.45) is 5.84 Å². The summed E-state index contributed by atoms with van der Waals surface area (Å²) >= 11 is 0. The van der Waals surface area contributed by atoms with Crippen LogP contribution in [0.3, 0.4) is 0 Å². The summed E-state index contributed by atoms with van der Waals surface area (Å²) in [6.07, 6.45) is 3.99. The van der Waals surface area contributed by atoms with Crippen LogP contribution in [0.4, 0.5) is 11.6 Å². The number of piperazine rings is 1. The Labute approximate surface area is 126 Å². The van der Waals surface area contributed by atoms with Gasteiger partial charge in [0.05, 0.1) is 0 Å². The highest BCUT2D eigenvalue weighted by molar-refractivity contribution is 5.59. The summed E-state index contributed by atoms with van der Waals surface area (Å²) in [6, 6.07) is 1.14. The molecule has 116 valence electrons. The summed E-state index contributed by atoms with van der Waals surface area (Å²) in [5.41, 5.74) is 3.74. The Balaban J connectivity index is 1.90. The number of fused-ring (bicyclic) bond motifs is 1. The molecule has 0 bridgehead atoms. The Bertz CT molecular complexity index is 517. The Morgan fingerprint density at radius 1 is 1.19 bits per heavy atom. The molecular formula is C15H26N6. The first-order valence-corrected chi connectivity index (χ1v) is 7.92.